The molecule has 1 aromatic carbocycles. The van der Waals surface area contributed by atoms with Gasteiger partial charge in [-0.3, -0.25) is 0 Å². The summed E-state index contributed by atoms with van der Waals surface area (Å²) in [6.07, 6.45) is 7.60. The third kappa shape index (κ3) is 3.04. The minimum Gasteiger partial charge on any atom is -0.459 e. The van der Waals surface area contributed by atoms with E-state index in [0.717, 1.165) is 18.4 Å². The lowest BCUT2D eigenvalue weighted by atomic mass is 10.1. The van der Waals surface area contributed by atoms with Gasteiger partial charge >= 0.3 is 5.97 Å². The number of carbonyl (C=O) groups is 1. The Morgan fingerprint density at radius 2 is 2.14 bits per heavy atom. The quantitative estimate of drug-likeness (QED) is 0.765. The number of benzene rings is 1. The fraction of sp³-hybridized carbons (Fsp3) is 0.412. The second-order valence-electron chi connectivity index (χ2n) is 5.74. The van der Waals surface area contributed by atoms with E-state index in [-0.39, 0.29) is 16.8 Å². The van der Waals surface area contributed by atoms with E-state index in [0.29, 0.717) is 12.3 Å². The lowest BCUT2D eigenvalue weighted by Gasteiger charge is -2.17. The second-order valence-corrected chi connectivity index (χ2v) is 7.01. The molecule has 0 N–H and O–H groups in total. The zero-order valence-electron chi connectivity index (χ0n) is 12.9. The molecular weight excluding hydrogens is 296 g/mol. The fourth-order valence-corrected chi connectivity index (χ4v) is 3.17. The van der Waals surface area contributed by atoms with Gasteiger partial charge in [0.1, 0.15) is 12.3 Å². The SMILES string of the molecule is CSC1(COC(=O)c2cncn2[C@H](C)c2ccccc2)CC1. The van der Waals surface area contributed by atoms with Crippen molar-refractivity contribution in [3.8, 4) is 0 Å². The molecule has 22 heavy (non-hydrogen) atoms. The van der Waals surface area contributed by atoms with E-state index < -0.39 is 0 Å². The van der Waals surface area contributed by atoms with E-state index in [4.69, 9.17) is 4.74 Å². The molecule has 1 aromatic heterocycles. The van der Waals surface area contributed by atoms with Crippen LogP contribution in [-0.2, 0) is 4.74 Å². The molecule has 4 nitrogen and oxygen atoms in total. The summed E-state index contributed by atoms with van der Waals surface area (Å²) in [5.41, 5.74) is 1.64. The van der Waals surface area contributed by atoms with Crippen molar-refractivity contribution in [2.45, 2.75) is 30.6 Å². The third-order valence-electron chi connectivity index (χ3n) is 4.28. The van der Waals surface area contributed by atoms with Crippen LogP contribution < -0.4 is 0 Å². The highest BCUT2D eigenvalue weighted by atomic mass is 32.2. The van der Waals surface area contributed by atoms with Crippen LogP contribution in [0.2, 0.25) is 0 Å². The number of carbonyl (C=O) groups excluding carboxylic acids is 1. The highest BCUT2D eigenvalue weighted by molar-refractivity contribution is 8.00. The van der Waals surface area contributed by atoms with Crippen LogP contribution >= 0.6 is 11.8 Å². The second kappa shape index (κ2) is 6.16. The molecular formula is C17H20N2O2S. The Hall–Kier alpha value is -1.75. The maximum atomic E-state index is 12.4. The molecule has 0 unspecified atom stereocenters. The van der Waals surface area contributed by atoms with Crippen molar-refractivity contribution in [3.63, 3.8) is 0 Å². The van der Waals surface area contributed by atoms with Crippen molar-refractivity contribution < 1.29 is 9.53 Å². The van der Waals surface area contributed by atoms with Gasteiger partial charge in [-0.15, -0.1) is 0 Å². The molecule has 1 saturated carbocycles. The lowest BCUT2D eigenvalue weighted by molar-refractivity contribution is 0.0485. The first kappa shape index (κ1) is 15.2. The molecule has 0 radical (unpaired) electrons. The molecule has 5 heteroatoms. The summed E-state index contributed by atoms with van der Waals surface area (Å²) in [4.78, 5) is 16.5. The first-order valence-electron chi connectivity index (χ1n) is 7.44. The summed E-state index contributed by atoms with van der Waals surface area (Å²) in [5.74, 6) is -0.291. The summed E-state index contributed by atoms with van der Waals surface area (Å²) in [5, 5.41) is 0. The van der Waals surface area contributed by atoms with E-state index in [2.05, 4.69) is 18.2 Å². The first-order valence-corrected chi connectivity index (χ1v) is 8.67. The number of aromatic nitrogens is 2. The molecule has 1 aliphatic rings. The Bertz CT molecular complexity index is 650. The molecule has 0 saturated heterocycles. The van der Waals surface area contributed by atoms with Gasteiger partial charge in [0.25, 0.3) is 0 Å². The number of nitrogens with zero attached hydrogens (tertiary/aromatic N) is 2. The van der Waals surface area contributed by atoms with Crippen LogP contribution in [0.25, 0.3) is 0 Å². The number of thioether (sulfide) groups is 1. The minimum absolute atomic E-state index is 0.0432. The molecule has 2 aromatic rings. The standard InChI is InChI=1S/C17H20N2O2S/c1-13(14-6-4-3-5-7-14)19-12-18-10-15(19)16(20)21-11-17(22-2)8-9-17/h3-7,10,12-13H,8-9,11H2,1-2H3/t13-/m1/s1. The number of esters is 1. The molecule has 116 valence electrons. The van der Waals surface area contributed by atoms with Crippen molar-refractivity contribution in [2.24, 2.45) is 0 Å². The average Bonchev–Trinajstić information content (AvgIpc) is 3.19. The van der Waals surface area contributed by atoms with Crippen LogP contribution in [0.1, 0.15) is 41.9 Å². The largest absolute Gasteiger partial charge is 0.459 e. The molecule has 1 atom stereocenters. The molecule has 1 fully saturated rings. The van der Waals surface area contributed by atoms with Crippen molar-refractivity contribution in [1.29, 1.82) is 0 Å². The topological polar surface area (TPSA) is 44.1 Å². The van der Waals surface area contributed by atoms with Crippen molar-refractivity contribution in [1.82, 2.24) is 9.55 Å². The zero-order chi connectivity index (χ0) is 15.6. The predicted molar refractivity (Wildman–Crippen MR) is 88.2 cm³/mol. The highest BCUT2D eigenvalue weighted by Crippen LogP contribution is 2.47. The summed E-state index contributed by atoms with van der Waals surface area (Å²) < 4.78 is 7.54. The normalized spacial score (nSPS) is 17.0. The van der Waals surface area contributed by atoms with Crippen molar-refractivity contribution >= 4 is 17.7 Å². The van der Waals surface area contributed by atoms with Crippen LogP contribution in [0.15, 0.2) is 42.9 Å². The monoisotopic (exact) mass is 316 g/mol. The van der Waals surface area contributed by atoms with Crippen LogP contribution in [0.5, 0.6) is 0 Å². The van der Waals surface area contributed by atoms with Gasteiger partial charge in [-0.05, 0) is 31.6 Å². The van der Waals surface area contributed by atoms with E-state index in [1.54, 1.807) is 24.3 Å². The van der Waals surface area contributed by atoms with Crippen molar-refractivity contribution in [3.05, 3.63) is 54.1 Å². The van der Waals surface area contributed by atoms with Gasteiger partial charge in [0.15, 0.2) is 0 Å². The van der Waals surface area contributed by atoms with Gasteiger partial charge in [-0.1, -0.05) is 30.3 Å². The number of ether oxygens (including phenoxy) is 1. The van der Waals surface area contributed by atoms with Crippen LogP contribution in [-0.4, -0.2) is 33.1 Å². The maximum Gasteiger partial charge on any atom is 0.356 e. The van der Waals surface area contributed by atoms with E-state index in [9.17, 15) is 4.79 Å². The van der Waals surface area contributed by atoms with Crippen LogP contribution in [0.3, 0.4) is 0 Å². The number of imidazole rings is 1. The van der Waals surface area contributed by atoms with E-state index >= 15 is 0 Å². The zero-order valence-corrected chi connectivity index (χ0v) is 13.7. The average molecular weight is 316 g/mol. The van der Waals surface area contributed by atoms with Gasteiger partial charge in [-0.2, -0.15) is 11.8 Å². The third-order valence-corrected chi connectivity index (χ3v) is 5.67. The molecule has 0 spiro atoms. The number of hydrogen-bond acceptors (Lipinski definition) is 4. The maximum absolute atomic E-state index is 12.4. The first-order chi connectivity index (χ1) is 10.7. The Morgan fingerprint density at radius 3 is 2.77 bits per heavy atom. The summed E-state index contributed by atoms with van der Waals surface area (Å²) in [6, 6.07) is 10.1. The Balaban J connectivity index is 1.73. The van der Waals surface area contributed by atoms with Crippen LogP contribution in [0.4, 0.5) is 0 Å². The van der Waals surface area contributed by atoms with E-state index in [1.165, 1.54) is 0 Å². The number of rotatable bonds is 6. The van der Waals surface area contributed by atoms with Gasteiger partial charge in [-0.25, -0.2) is 9.78 Å². The fourth-order valence-electron chi connectivity index (χ4n) is 2.48. The molecule has 0 amide bonds. The van der Waals surface area contributed by atoms with Gasteiger partial charge < -0.3 is 9.30 Å². The molecule has 1 aliphatic carbocycles. The smallest absolute Gasteiger partial charge is 0.356 e. The Kier molecular flexibility index (Phi) is 4.25. The van der Waals surface area contributed by atoms with Crippen molar-refractivity contribution in [2.75, 3.05) is 12.9 Å². The lowest BCUT2D eigenvalue weighted by Crippen LogP contribution is -2.20. The van der Waals surface area contributed by atoms with Gasteiger partial charge in [0.05, 0.1) is 18.6 Å². The summed E-state index contributed by atoms with van der Waals surface area (Å²) in [7, 11) is 0. The van der Waals surface area contributed by atoms with Crippen LogP contribution in [0, 0.1) is 0 Å². The Labute approximate surface area is 134 Å². The minimum atomic E-state index is -0.291. The summed E-state index contributed by atoms with van der Waals surface area (Å²) in [6.45, 7) is 2.54. The predicted octanol–water partition coefficient (Wildman–Crippen LogP) is 3.54. The Morgan fingerprint density at radius 1 is 1.41 bits per heavy atom. The number of hydrogen-bond donors (Lipinski definition) is 0. The van der Waals surface area contributed by atoms with E-state index in [1.807, 2.05) is 34.9 Å². The summed E-state index contributed by atoms with van der Waals surface area (Å²) >= 11 is 1.79. The molecule has 0 bridgehead atoms. The molecule has 0 aliphatic heterocycles. The highest BCUT2D eigenvalue weighted by Gasteiger charge is 2.43. The van der Waals surface area contributed by atoms with Gasteiger partial charge in [0, 0.05) is 4.75 Å². The molecule has 1 heterocycles. The van der Waals surface area contributed by atoms with Gasteiger partial charge in [0.2, 0.25) is 0 Å². The molecule has 3 rings (SSSR count).